The maximum absolute atomic E-state index is 6.18. The largest absolute Gasteiger partial charge is 0.456 e. The van der Waals surface area contributed by atoms with E-state index in [-0.39, 0.29) is 0 Å². The molecule has 1 aromatic heterocycles. The maximum Gasteiger partial charge on any atom is 0.134 e. The van der Waals surface area contributed by atoms with Crippen LogP contribution in [0.4, 0.5) is 11.4 Å². The first kappa shape index (κ1) is 23.8. The number of furan rings is 1. The Bertz CT molecular complexity index is 1440. The van der Waals surface area contributed by atoms with Gasteiger partial charge in [0, 0.05) is 22.3 Å². The number of nitrogens with zero attached hydrogens (tertiary/aromatic N) is 2. The minimum atomic E-state index is 0.487. The molecule has 0 spiro atoms. The number of nitrogens with two attached hydrogens (primary N) is 2. The number of hydrogen-bond donors (Lipinski definition) is 2. The summed E-state index contributed by atoms with van der Waals surface area (Å²) in [5.74, 6) is 2.54. The van der Waals surface area contributed by atoms with Crippen LogP contribution < -0.4 is 11.5 Å². The number of hydrogen-bond acceptors (Lipinski definition) is 3. The molecule has 0 aliphatic rings. The molecule has 0 amide bonds. The summed E-state index contributed by atoms with van der Waals surface area (Å²) in [5, 5.41) is 0. The van der Waals surface area contributed by atoms with Crippen molar-refractivity contribution >= 4 is 23.0 Å². The Hall–Kier alpha value is -4.90. The number of rotatable bonds is 6. The van der Waals surface area contributed by atoms with Crippen molar-refractivity contribution in [1.82, 2.24) is 0 Å². The summed E-state index contributed by atoms with van der Waals surface area (Å²) in [5.41, 5.74) is 20.0. The van der Waals surface area contributed by atoms with Gasteiger partial charge in [0.05, 0.1) is 11.4 Å². The van der Waals surface area contributed by atoms with E-state index in [4.69, 9.17) is 15.9 Å². The lowest BCUT2D eigenvalue weighted by atomic mass is 10.1. The zero-order valence-electron chi connectivity index (χ0n) is 20.8. The average Bonchev–Trinajstić information content (AvgIpc) is 3.41. The Morgan fingerprint density at radius 3 is 1.19 bits per heavy atom. The van der Waals surface area contributed by atoms with Crippen LogP contribution in [0.3, 0.4) is 0 Å². The molecule has 5 heteroatoms. The number of aryl methyl sites for hydroxylation is 2. The molecule has 0 aliphatic carbocycles. The smallest absolute Gasteiger partial charge is 0.134 e. The Balaban J connectivity index is 1.29. The second-order valence-corrected chi connectivity index (χ2v) is 8.98. The van der Waals surface area contributed by atoms with Crippen molar-refractivity contribution in [3.8, 4) is 22.6 Å². The van der Waals surface area contributed by atoms with Crippen LogP contribution in [0.1, 0.15) is 22.3 Å². The fraction of sp³-hybridized carbons (Fsp3) is 0.0625. The molecular formula is C32H28N4O. The minimum Gasteiger partial charge on any atom is -0.456 e. The molecule has 0 fully saturated rings. The van der Waals surface area contributed by atoms with Gasteiger partial charge < -0.3 is 15.9 Å². The third-order valence-electron chi connectivity index (χ3n) is 6.10. The highest BCUT2D eigenvalue weighted by molar-refractivity contribution is 5.99. The zero-order valence-corrected chi connectivity index (χ0v) is 20.8. The maximum atomic E-state index is 6.18. The molecule has 5 nitrogen and oxygen atoms in total. The van der Waals surface area contributed by atoms with Crippen molar-refractivity contribution in [2.45, 2.75) is 13.8 Å². The van der Waals surface area contributed by atoms with Crippen LogP contribution >= 0.6 is 0 Å². The summed E-state index contributed by atoms with van der Waals surface area (Å²) < 4.78 is 6.14. The molecule has 37 heavy (non-hydrogen) atoms. The van der Waals surface area contributed by atoms with Gasteiger partial charge in [-0.3, -0.25) is 0 Å². The second-order valence-electron chi connectivity index (χ2n) is 8.98. The number of aliphatic imine (C=N–C) groups is 2. The predicted molar refractivity (Wildman–Crippen MR) is 153 cm³/mol. The van der Waals surface area contributed by atoms with Crippen molar-refractivity contribution in [1.29, 1.82) is 0 Å². The quantitative estimate of drug-likeness (QED) is 0.196. The topological polar surface area (TPSA) is 89.9 Å². The molecule has 1 heterocycles. The molecule has 5 rings (SSSR count). The third-order valence-corrected chi connectivity index (χ3v) is 6.10. The molecular weight excluding hydrogens is 456 g/mol. The van der Waals surface area contributed by atoms with E-state index in [1.807, 2.05) is 123 Å². The first-order valence-electron chi connectivity index (χ1n) is 12.1. The van der Waals surface area contributed by atoms with Gasteiger partial charge in [0.2, 0.25) is 0 Å². The van der Waals surface area contributed by atoms with Gasteiger partial charge in [0.1, 0.15) is 23.2 Å². The van der Waals surface area contributed by atoms with Crippen LogP contribution in [-0.4, -0.2) is 11.7 Å². The normalized spacial score (nSPS) is 12.1. The van der Waals surface area contributed by atoms with Crippen molar-refractivity contribution in [3.05, 3.63) is 131 Å². The van der Waals surface area contributed by atoms with Crippen molar-refractivity contribution in [3.63, 3.8) is 0 Å². The highest BCUT2D eigenvalue weighted by Gasteiger charge is 2.08. The standard InChI is InChI=1S/C32H28N4O/c1-21-3-7-25(8-4-21)31(33)35-27-15-11-23(12-16-27)29-19-20-30(37-29)24-13-17-28(18-14-24)36-32(34)26-9-5-22(2)6-10-26/h3-20H,1-2H3,(H2,33,35)(H2,34,36). The van der Waals surface area contributed by atoms with Gasteiger partial charge in [-0.15, -0.1) is 0 Å². The molecule has 0 aliphatic heterocycles. The summed E-state index contributed by atoms with van der Waals surface area (Å²) in [7, 11) is 0. The van der Waals surface area contributed by atoms with Gasteiger partial charge in [-0.1, -0.05) is 59.7 Å². The molecule has 0 radical (unpaired) electrons. The van der Waals surface area contributed by atoms with E-state index in [1.165, 1.54) is 11.1 Å². The Morgan fingerprint density at radius 1 is 0.486 bits per heavy atom. The minimum absolute atomic E-state index is 0.487. The Kier molecular flexibility index (Phi) is 6.68. The van der Waals surface area contributed by atoms with Crippen LogP contribution in [0.25, 0.3) is 22.6 Å². The van der Waals surface area contributed by atoms with Gasteiger partial charge in [-0.25, -0.2) is 9.98 Å². The molecule has 182 valence electrons. The van der Waals surface area contributed by atoms with Gasteiger partial charge in [0.15, 0.2) is 0 Å². The lowest BCUT2D eigenvalue weighted by Gasteiger charge is -2.04. The highest BCUT2D eigenvalue weighted by atomic mass is 16.3. The fourth-order valence-electron chi connectivity index (χ4n) is 3.90. The van der Waals surface area contributed by atoms with E-state index >= 15 is 0 Å². The van der Waals surface area contributed by atoms with Gasteiger partial charge in [0.25, 0.3) is 0 Å². The summed E-state index contributed by atoms with van der Waals surface area (Å²) in [6.07, 6.45) is 0. The highest BCUT2D eigenvalue weighted by Crippen LogP contribution is 2.30. The van der Waals surface area contributed by atoms with Crippen molar-refractivity contribution in [2.75, 3.05) is 0 Å². The van der Waals surface area contributed by atoms with Gasteiger partial charge in [-0.2, -0.15) is 0 Å². The second kappa shape index (κ2) is 10.4. The summed E-state index contributed by atoms with van der Waals surface area (Å²) in [6.45, 7) is 4.09. The van der Waals surface area contributed by atoms with Crippen LogP contribution in [0.15, 0.2) is 124 Å². The van der Waals surface area contributed by atoms with Crippen LogP contribution in [-0.2, 0) is 0 Å². The predicted octanol–water partition coefficient (Wildman–Crippen LogP) is 7.30. The average molecular weight is 485 g/mol. The van der Waals surface area contributed by atoms with Crippen LogP contribution in [0.5, 0.6) is 0 Å². The third kappa shape index (κ3) is 5.68. The zero-order chi connectivity index (χ0) is 25.8. The van der Waals surface area contributed by atoms with E-state index in [1.54, 1.807) is 0 Å². The van der Waals surface area contributed by atoms with Crippen LogP contribution in [0.2, 0.25) is 0 Å². The molecule has 0 unspecified atom stereocenters. The molecule has 0 atom stereocenters. The Labute approximate surface area is 216 Å². The molecule has 0 saturated carbocycles. The van der Waals surface area contributed by atoms with Crippen molar-refractivity contribution < 1.29 is 4.42 Å². The summed E-state index contributed by atoms with van der Waals surface area (Å²) in [4.78, 5) is 9.09. The van der Waals surface area contributed by atoms with E-state index in [2.05, 4.69) is 9.98 Å². The molecule has 0 bridgehead atoms. The van der Waals surface area contributed by atoms with E-state index < -0.39 is 0 Å². The fourth-order valence-corrected chi connectivity index (χ4v) is 3.90. The van der Waals surface area contributed by atoms with Crippen molar-refractivity contribution in [2.24, 2.45) is 21.5 Å². The number of benzene rings is 4. The molecule has 5 aromatic rings. The van der Waals surface area contributed by atoms with E-state index in [0.717, 1.165) is 45.1 Å². The summed E-state index contributed by atoms with van der Waals surface area (Å²) in [6, 6.07) is 35.6. The molecule has 4 aromatic carbocycles. The first-order chi connectivity index (χ1) is 17.9. The molecule has 0 saturated heterocycles. The van der Waals surface area contributed by atoms with E-state index in [0.29, 0.717) is 11.7 Å². The lowest BCUT2D eigenvalue weighted by molar-refractivity contribution is 0.597. The van der Waals surface area contributed by atoms with Gasteiger partial charge >= 0.3 is 0 Å². The Morgan fingerprint density at radius 2 is 0.838 bits per heavy atom. The summed E-state index contributed by atoms with van der Waals surface area (Å²) >= 11 is 0. The first-order valence-corrected chi connectivity index (χ1v) is 12.1. The van der Waals surface area contributed by atoms with Crippen LogP contribution in [0, 0.1) is 13.8 Å². The SMILES string of the molecule is Cc1ccc(C(N)=Nc2ccc(-c3ccc(-c4ccc(N=C(N)c5ccc(C)cc5)cc4)o3)cc2)cc1. The van der Waals surface area contributed by atoms with E-state index in [9.17, 15) is 0 Å². The lowest BCUT2D eigenvalue weighted by Crippen LogP contribution is -2.12. The number of amidine groups is 2. The monoisotopic (exact) mass is 484 g/mol. The molecule has 4 N–H and O–H groups in total. The van der Waals surface area contributed by atoms with Gasteiger partial charge in [-0.05, 0) is 74.5 Å².